The maximum Gasteiger partial charge on any atom is 0.132 e. The lowest BCUT2D eigenvalue weighted by atomic mass is 10.2. The van der Waals surface area contributed by atoms with Crippen LogP contribution in [0.25, 0.3) is 0 Å². The molecule has 1 aromatic carbocycles. The van der Waals surface area contributed by atoms with Gasteiger partial charge in [-0.15, -0.1) is 4.91 Å². The van der Waals surface area contributed by atoms with E-state index in [4.69, 9.17) is 11.0 Å². The molecule has 0 aliphatic heterocycles. The van der Waals surface area contributed by atoms with Crippen LogP contribution in [0.5, 0.6) is 0 Å². The maximum atomic E-state index is 10.1. The van der Waals surface area contributed by atoms with Crippen LogP contribution >= 0.6 is 0 Å². The van der Waals surface area contributed by atoms with Gasteiger partial charge in [-0.2, -0.15) is 5.26 Å². The monoisotopic (exact) mass is 147 g/mol. The Balaban J connectivity index is 3.25. The van der Waals surface area contributed by atoms with Gasteiger partial charge in [0, 0.05) is 0 Å². The lowest BCUT2D eigenvalue weighted by molar-refractivity contribution is 1.45. The smallest absolute Gasteiger partial charge is 0.132 e. The molecular weight excluding hydrogens is 142 g/mol. The van der Waals surface area contributed by atoms with Gasteiger partial charge in [0.25, 0.3) is 0 Å². The van der Waals surface area contributed by atoms with Gasteiger partial charge in [-0.3, -0.25) is 0 Å². The van der Waals surface area contributed by atoms with Crippen LogP contribution in [0, 0.1) is 16.2 Å². The molecule has 4 heteroatoms. The summed E-state index contributed by atoms with van der Waals surface area (Å²) in [5.74, 6) is 0. The molecule has 11 heavy (non-hydrogen) atoms. The molecule has 1 rings (SSSR count). The summed E-state index contributed by atoms with van der Waals surface area (Å²) in [6.07, 6.45) is 0. The Morgan fingerprint density at radius 1 is 1.55 bits per heavy atom. The van der Waals surface area contributed by atoms with E-state index >= 15 is 0 Å². The van der Waals surface area contributed by atoms with Gasteiger partial charge in [-0.05, 0) is 23.4 Å². The van der Waals surface area contributed by atoms with Crippen molar-refractivity contribution < 1.29 is 0 Å². The van der Waals surface area contributed by atoms with Gasteiger partial charge in [-0.25, -0.2) is 0 Å². The first-order chi connectivity index (χ1) is 5.27. The first-order valence-electron chi connectivity index (χ1n) is 2.91. The van der Waals surface area contributed by atoms with Crippen LogP contribution in [0.4, 0.5) is 11.4 Å². The molecular formula is C7H5N3O. The van der Waals surface area contributed by atoms with Crippen molar-refractivity contribution in [2.75, 3.05) is 5.73 Å². The van der Waals surface area contributed by atoms with Gasteiger partial charge >= 0.3 is 0 Å². The minimum absolute atomic E-state index is 0.115. The predicted molar refractivity (Wildman–Crippen MR) is 41.0 cm³/mol. The van der Waals surface area contributed by atoms with Crippen molar-refractivity contribution in [3.8, 4) is 6.07 Å². The number of nitrogens with two attached hydrogens (primary N) is 1. The average Bonchev–Trinajstić information content (AvgIpc) is 2.05. The molecule has 0 amide bonds. The second kappa shape index (κ2) is 2.80. The third kappa shape index (κ3) is 1.33. The fourth-order valence-corrected chi connectivity index (χ4v) is 0.692. The number of nitroso groups, excluding NO2 is 1. The molecule has 1 aromatic rings. The highest BCUT2D eigenvalue weighted by Crippen LogP contribution is 2.21. The van der Waals surface area contributed by atoms with E-state index in [1.165, 1.54) is 18.2 Å². The number of hydrogen-bond acceptors (Lipinski definition) is 4. The number of rotatable bonds is 1. The van der Waals surface area contributed by atoms with Gasteiger partial charge < -0.3 is 5.73 Å². The van der Waals surface area contributed by atoms with E-state index in [-0.39, 0.29) is 5.69 Å². The fraction of sp³-hybridized carbons (Fsp3) is 0. The third-order valence-corrected chi connectivity index (χ3v) is 1.26. The van der Waals surface area contributed by atoms with E-state index in [2.05, 4.69) is 5.18 Å². The van der Waals surface area contributed by atoms with Crippen LogP contribution in [-0.4, -0.2) is 0 Å². The Morgan fingerprint density at radius 2 is 2.27 bits per heavy atom. The topological polar surface area (TPSA) is 79.2 Å². The number of hydrogen-bond donors (Lipinski definition) is 1. The Hall–Kier alpha value is -1.89. The van der Waals surface area contributed by atoms with Gasteiger partial charge in [0.15, 0.2) is 0 Å². The summed E-state index contributed by atoms with van der Waals surface area (Å²) in [6.45, 7) is 0. The van der Waals surface area contributed by atoms with Gasteiger partial charge in [0.2, 0.25) is 0 Å². The van der Waals surface area contributed by atoms with Crippen LogP contribution in [0.1, 0.15) is 5.56 Å². The summed E-state index contributed by atoms with van der Waals surface area (Å²) < 4.78 is 0. The second-order valence-corrected chi connectivity index (χ2v) is 1.98. The second-order valence-electron chi connectivity index (χ2n) is 1.98. The molecule has 0 fully saturated rings. The molecule has 0 radical (unpaired) electrons. The normalized spacial score (nSPS) is 8.64. The highest BCUT2D eigenvalue weighted by Gasteiger charge is 1.99. The van der Waals surface area contributed by atoms with Gasteiger partial charge in [0.1, 0.15) is 5.69 Å². The molecule has 4 nitrogen and oxygen atoms in total. The van der Waals surface area contributed by atoms with Gasteiger partial charge in [0.05, 0.1) is 17.3 Å². The quantitative estimate of drug-likeness (QED) is 0.483. The predicted octanol–water partition coefficient (Wildman–Crippen LogP) is 1.54. The number of benzene rings is 1. The third-order valence-electron chi connectivity index (χ3n) is 1.26. The highest BCUT2D eigenvalue weighted by molar-refractivity contribution is 5.64. The summed E-state index contributed by atoms with van der Waals surface area (Å²) in [4.78, 5) is 10.1. The van der Waals surface area contributed by atoms with Crippen molar-refractivity contribution in [1.29, 1.82) is 5.26 Å². The minimum Gasteiger partial charge on any atom is -0.397 e. The van der Waals surface area contributed by atoms with Crippen molar-refractivity contribution in [3.05, 3.63) is 28.7 Å². The molecule has 0 bridgehead atoms. The molecule has 0 aromatic heterocycles. The van der Waals surface area contributed by atoms with Crippen molar-refractivity contribution in [2.24, 2.45) is 5.18 Å². The molecule has 0 aliphatic rings. The molecule has 0 saturated carbocycles. The van der Waals surface area contributed by atoms with E-state index in [9.17, 15) is 4.91 Å². The molecule has 2 N–H and O–H groups in total. The van der Waals surface area contributed by atoms with E-state index in [0.717, 1.165) is 0 Å². The summed E-state index contributed by atoms with van der Waals surface area (Å²) >= 11 is 0. The van der Waals surface area contributed by atoms with Crippen molar-refractivity contribution in [3.63, 3.8) is 0 Å². The molecule has 0 unspecified atom stereocenters. The largest absolute Gasteiger partial charge is 0.397 e. The summed E-state index contributed by atoms with van der Waals surface area (Å²) in [5, 5.41) is 11.1. The summed E-state index contributed by atoms with van der Waals surface area (Å²) in [7, 11) is 0. The number of nitrogen functional groups attached to an aromatic ring is 1. The Labute approximate surface area is 63.2 Å². The number of anilines is 1. The molecule has 54 valence electrons. The van der Waals surface area contributed by atoms with E-state index < -0.39 is 0 Å². The summed E-state index contributed by atoms with van der Waals surface area (Å²) in [5.41, 5.74) is 6.14. The Kier molecular flexibility index (Phi) is 1.83. The standard InChI is InChI=1S/C7H5N3O/c8-4-5-1-2-6(9)7(3-5)10-11/h1-3H,9H2. The fourth-order valence-electron chi connectivity index (χ4n) is 0.692. The lowest BCUT2D eigenvalue weighted by Crippen LogP contribution is -1.85. The maximum absolute atomic E-state index is 10.1. The zero-order valence-corrected chi connectivity index (χ0v) is 5.61. The molecule has 0 atom stereocenters. The van der Waals surface area contributed by atoms with E-state index in [1.54, 1.807) is 0 Å². The SMILES string of the molecule is N#Cc1ccc(N)c(N=O)c1. The van der Waals surface area contributed by atoms with Crippen LogP contribution in [0.2, 0.25) is 0 Å². The first kappa shape index (κ1) is 7.22. The van der Waals surface area contributed by atoms with Crippen molar-refractivity contribution in [1.82, 2.24) is 0 Å². The van der Waals surface area contributed by atoms with Crippen LogP contribution < -0.4 is 5.73 Å². The van der Waals surface area contributed by atoms with Crippen LogP contribution in [0.3, 0.4) is 0 Å². The van der Waals surface area contributed by atoms with Crippen LogP contribution in [-0.2, 0) is 0 Å². The Morgan fingerprint density at radius 3 is 2.82 bits per heavy atom. The molecule has 0 heterocycles. The Bertz CT molecular complexity index is 327. The number of nitriles is 1. The zero-order valence-electron chi connectivity index (χ0n) is 5.61. The highest BCUT2D eigenvalue weighted by atomic mass is 16.3. The molecule has 0 spiro atoms. The summed E-state index contributed by atoms with van der Waals surface area (Å²) in [6, 6.07) is 6.24. The van der Waals surface area contributed by atoms with Crippen LogP contribution in [0.15, 0.2) is 23.4 Å². The van der Waals surface area contributed by atoms with Crippen molar-refractivity contribution >= 4 is 11.4 Å². The van der Waals surface area contributed by atoms with Gasteiger partial charge in [-0.1, -0.05) is 0 Å². The molecule has 0 saturated heterocycles. The van der Waals surface area contributed by atoms with E-state index in [0.29, 0.717) is 11.3 Å². The van der Waals surface area contributed by atoms with E-state index in [1.807, 2.05) is 6.07 Å². The number of nitrogens with zero attached hydrogens (tertiary/aromatic N) is 2. The zero-order chi connectivity index (χ0) is 8.27. The lowest BCUT2D eigenvalue weighted by Gasteiger charge is -1.94. The minimum atomic E-state index is 0.115. The average molecular weight is 147 g/mol. The van der Waals surface area contributed by atoms with Crippen molar-refractivity contribution in [2.45, 2.75) is 0 Å². The first-order valence-corrected chi connectivity index (χ1v) is 2.91. The molecule has 0 aliphatic carbocycles.